The first-order chi connectivity index (χ1) is 12.4. The maximum atomic E-state index is 12.7. The average molecular weight is 500 g/mol. The average Bonchev–Trinajstić information content (AvgIpc) is 2.57. The predicted octanol–water partition coefficient (Wildman–Crippen LogP) is 4.47. The summed E-state index contributed by atoms with van der Waals surface area (Å²) in [4.78, 5) is 41.9. The van der Waals surface area contributed by atoms with Gasteiger partial charge in [-0.05, 0) is 42.5 Å². The predicted molar refractivity (Wildman–Crippen MR) is 106 cm³/mol. The van der Waals surface area contributed by atoms with E-state index in [-0.39, 0.29) is 0 Å². The Labute approximate surface area is 170 Å². The van der Waals surface area contributed by atoms with Crippen molar-refractivity contribution in [1.29, 1.82) is 0 Å². The van der Waals surface area contributed by atoms with E-state index >= 15 is 0 Å². The van der Waals surface area contributed by atoms with Gasteiger partial charge in [0, 0.05) is 15.2 Å². The Kier molecular flexibility index (Phi) is 5.55. The highest BCUT2D eigenvalue weighted by Crippen LogP contribution is 2.28. The molecule has 0 unspecified atom stereocenters. The quantitative estimate of drug-likeness (QED) is 0.500. The van der Waals surface area contributed by atoms with E-state index in [0.29, 0.717) is 16.4 Å². The van der Waals surface area contributed by atoms with Crippen molar-refractivity contribution in [3.05, 3.63) is 56.4 Å². The van der Waals surface area contributed by atoms with Crippen molar-refractivity contribution in [1.82, 2.24) is 5.32 Å². The Morgan fingerprint density at radius 3 is 2.35 bits per heavy atom. The Bertz CT molecular complexity index is 931. The Morgan fingerprint density at radius 2 is 1.69 bits per heavy atom. The fourth-order valence-electron chi connectivity index (χ4n) is 2.30. The van der Waals surface area contributed by atoms with Crippen molar-refractivity contribution >= 4 is 78.9 Å². The molecule has 1 fully saturated rings. The van der Waals surface area contributed by atoms with Crippen LogP contribution in [0.1, 0.15) is 0 Å². The molecule has 1 saturated heterocycles. The van der Waals surface area contributed by atoms with Gasteiger partial charge in [-0.25, -0.2) is 9.69 Å². The van der Waals surface area contributed by atoms with Crippen LogP contribution in [0.25, 0.3) is 0 Å². The second kappa shape index (κ2) is 7.69. The molecule has 0 radical (unpaired) electrons. The molecule has 2 aromatic rings. The molecule has 1 heterocycles. The summed E-state index contributed by atoms with van der Waals surface area (Å²) >= 11 is 12.7. The summed E-state index contributed by atoms with van der Waals surface area (Å²) < 4.78 is 1.57. The third-order valence-electron chi connectivity index (χ3n) is 3.56. The van der Waals surface area contributed by atoms with E-state index in [9.17, 15) is 14.4 Å². The van der Waals surface area contributed by atoms with Crippen LogP contribution < -0.4 is 10.2 Å². The van der Waals surface area contributed by atoms with E-state index in [4.69, 9.17) is 11.6 Å². The SMILES string of the molecule is O=C1NC(=O)N(c2ccc(Br)cc2)C(=O)[C@@H]1C=Nc1ccc(Br)cc1Cl. The van der Waals surface area contributed by atoms with Crippen molar-refractivity contribution in [2.24, 2.45) is 10.9 Å². The zero-order valence-corrected chi connectivity index (χ0v) is 16.9. The lowest BCUT2D eigenvalue weighted by Crippen LogP contribution is -2.58. The Hall–Kier alpha value is -2.03. The van der Waals surface area contributed by atoms with E-state index in [0.717, 1.165) is 13.8 Å². The molecule has 0 aromatic heterocycles. The molecule has 1 aliphatic rings. The van der Waals surface area contributed by atoms with Gasteiger partial charge in [-0.15, -0.1) is 0 Å². The highest BCUT2D eigenvalue weighted by atomic mass is 79.9. The lowest BCUT2D eigenvalue weighted by Gasteiger charge is -2.28. The number of carbonyl (C=O) groups excluding carboxylic acids is 3. The van der Waals surface area contributed by atoms with Gasteiger partial charge in [-0.3, -0.25) is 19.9 Å². The van der Waals surface area contributed by atoms with Gasteiger partial charge in [0.2, 0.25) is 5.91 Å². The molecule has 6 nitrogen and oxygen atoms in total. The van der Waals surface area contributed by atoms with Crippen molar-refractivity contribution in [2.75, 3.05) is 4.90 Å². The van der Waals surface area contributed by atoms with Crippen LogP contribution in [-0.4, -0.2) is 24.1 Å². The summed E-state index contributed by atoms with van der Waals surface area (Å²) in [6, 6.07) is 10.8. The van der Waals surface area contributed by atoms with Crippen LogP contribution in [0.4, 0.5) is 16.2 Å². The Morgan fingerprint density at radius 1 is 1.04 bits per heavy atom. The number of barbiturate groups is 1. The third kappa shape index (κ3) is 3.87. The van der Waals surface area contributed by atoms with Gasteiger partial charge in [-0.1, -0.05) is 43.5 Å². The third-order valence-corrected chi connectivity index (χ3v) is 4.88. The summed E-state index contributed by atoms with van der Waals surface area (Å²) in [5.74, 6) is -2.65. The molecule has 1 N–H and O–H groups in total. The number of anilines is 1. The summed E-state index contributed by atoms with van der Waals surface area (Å²) in [5.41, 5.74) is 0.755. The molecule has 3 rings (SSSR count). The van der Waals surface area contributed by atoms with Gasteiger partial charge >= 0.3 is 6.03 Å². The largest absolute Gasteiger partial charge is 0.335 e. The molecule has 132 valence electrons. The lowest BCUT2D eigenvalue weighted by atomic mass is 10.1. The number of rotatable bonds is 3. The number of nitrogens with one attached hydrogen (secondary N) is 1. The number of nitrogens with zero attached hydrogens (tertiary/aromatic N) is 2. The minimum absolute atomic E-state index is 0.350. The molecule has 26 heavy (non-hydrogen) atoms. The van der Waals surface area contributed by atoms with Crippen LogP contribution in [-0.2, 0) is 9.59 Å². The first-order valence-electron chi connectivity index (χ1n) is 7.30. The normalized spacial score (nSPS) is 17.7. The smallest absolute Gasteiger partial charge is 0.276 e. The summed E-state index contributed by atoms with van der Waals surface area (Å²) in [6.07, 6.45) is 1.19. The van der Waals surface area contributed by atoms with Crippen molar-refractivity contribution < 1.29 is 14.4 Å². The minimum Gasteiger partial charge on any atom is -0.276 e. The molecule has 0 saturated carbocycles. The number of hydrogen-bond acceptors (Lipinski definition) is 4. The van der Waals surface area contributed by atoms with Gasteiger partial charge < -0.3 is 0 Å². The van der Waals surface area contributed by atoms with Crippen molar-refractivity contribution in [3.8, 4) is 0 Å². The maximum Gasteiger partial charge on any atom is 0.335 e. The standard InChI is InChI=1S/C17H10Br2ClN3O3/c18-9-1-4-11(5-2-9)23-16(25)12(15(24)22-17(23)26)8-21-14-6-3-10(19)7-13(14)20/h1-8,12H,(H,22,24,26)/t12-/m1/s1. The molecular weight excluding hydrogens is 489 g/mol. The summed E-state index contributed by atoms with van der Waals surface area (Å²) in [7, 11) is 0. The van der Waals surface area contributed by atoms with Gasteiger partial charge in [0.05, 0.1) is 16.4 Å². The van der Waals surface area contributed by atoms with Crippen LogP contribution in [0.3, 0.4) is 0 Å². The van der Waals surface area contributed by atoms with E-state index in [2.05, 4.69) is 42.2 Å². The fraction of sp³-hybridized carbons (Fsp3) is 0.0588. The number of amides is 4. The number of carbonyl (C=O) groups is 3. The zero-order chi connectivity index (χ0) is 18.8. The van der Waals surface area contributed by atoms with E-state index in [1.807, 2.05) is 0 Å². The number of hydrogen-bond donors (Lipinski definition) is 1. The topological polar surface area (TPSA) is 78.8 Å². The van der Waals surface area contributed by atoms with Gasteiger partial charge in [0.1, 0.15) is 0 Å². The number of benzene rings is 2. The second-order valence-corrected chi connectivity index (χ2v) is 7.53. The van der Waals surface area contributed by atoms with Gasteiger partial charge in [0.25, 0.3) is 5.91 Å². The first-order valence-corrected chi connectivity index (χ1v) is 9.27. The monoisotopic (exact) mass is 497 g/mol. The number of imide groups is 2. The Balaban J connectivity index is 1.90. The van der Waals surface area contributed by atoms with Crippen LogP contribution in [0, 0.1) is 5.92 Å². The van der Waals surface area contributed by atoms with Crippen molar-refractivity contribution in [3.63, 3.8) is 0 Å². The molecule has 4 amide bonds. The molecule has 0 bridgehead atoms. The minimum atomic E-state index is -1.24. The van der Waals surface area contributed by atoms with E-state index in [1.165, 1.54) is 6.21 Å². The van der Waals surface area contributed by atoms with Gasteiger partial charge in [0.15, 0.2) is 5.92 Å². The van der Waals surface area contributed by atoms with Gasteiger partial charge in [-0.2, -0.15) is 0 Å². The summed E-state index contributed by atoms with van der Waals surface area (Å²) in [6.45, 7) is 0. The molecule has 2 aromatic carbocycles. The molecule has 9 heteroatoms. The van der Waals surface area contributed by atoms with Crippen LogP contribution >= 0.6 is 43.5 Å². The summed E-state index contributed by atoms with van der Waals surface area (Å²) in [5, 5.41) is 2.53. The highest BCUT2D eigenvalue weighted by Gasteiger charge is 2.40. The molecular formula is C17H10Br2ClN3O3. The fourth-order valence-corrected chi connectivity index (χ4v) is 3.28. The molecule has 0 spiro atoms. The molecule has 1 aliphatic heterocycles. The number of aliphatic imine (C=N–C) groups is 1. The zero-order valence-electron chi connectivity index (χ0n) is 12.9. The molecule has 1 atom stereocenters. The second-order valence-electron chi connectivity index (χ2n) is 5.30. The van der Waals surface area contributed by atoms with Crippen LogP contribution in [0.15, 0.2) is 56.4 Å². The first kappa shape index (κ1) is 18.8. The van der Waals surface area contributed by atoms with E-state index in [1.54, 1.807) is 42.5 Å². The van der Waals surface area contributed by atoms with Crippen LogP contribution in [0.5, 0.6) is 0 Å². The molecule has 0 aliphatic carbocycles. The van der Waals surface area contributed by atoms with Crippen molar-refractivity contribution in [2.45, 2.75) is 0 Å². The lowest BCUT2D eigenvalue weighted by molar-refractivity contribution is -0.131. The number of urea groups is 1. The highest BCUT2D eigenvalue weighted by molar-refractivity contribution is 9.10. The van der Waals surface area contributed by atoms with E-state index < -0.39 is 23.8 Å². The maximum absolute atomic E-state index is 12.7. The van der Waals surface area contributed by atoms with Crippen LogP contribution in [0.2, 0.25) is 5.02 Å². The number of halogens is 3.